The predicted molar refractivity (Wildman–Crippen MR) is 52.3 cm³/mol. The minimum Gasteiger partial charge on any atom is -0.465 e. The first-order valence-corrected chi connectivity index (χ1v) is 4.94. The molecule has 1 aromatic carbocycles. The summed E-state index contributed by atoms with van der Waals surface area (Å²) in [5.41, 5.74) is -0.514. The average Bonchev–Trinajstić information content (AvgIpc) is 2.80. The quantitative estimate of drug-likeness (QED) is 0.744. The highest BCUT2D eigenvalue weighted by Gasteiger charge is 2.27. The number of ether oxygens (including phenoxy) is 3. The molecule has 0 spiro atoms. The Balaban J connectivity index is 2.38. The monoisotopic (exact) mass is 244 g/mol. The summed E-state index contributed by atoms with van der Waals surface area (Å²) in [4.78, 5) is 11.1. The molecule has 17 heavy (non-hydrogen) atoms. The number of hydrogen-bond acceptors (Lipinski definition) is 4. The van der Waals surface area contributed by atoms with Crippen LogP contribution >= 0.6 is 0 Å². The third-order valence-electron chi connectivity index (χ3n) is 2.36. The van der Waals surface area contributed by atoms with E-state index in [9.17, 15) is 13.6 Å². The van der Waals surface area contributed by atoms with Crippen LogP contribution in [0.4, 0.5) is 8.78 Å². The van der Waals surface area contributed by atoms with Crippen molar-refractivity contribution in [3.63, 3.8) is 0 Å². The number of rotatable bonds is 2. The van der Waals surface area contributed by atoms with Crippen molar-refractivity contribution in [2.45, 2.75) is 6.29 Å². The zero-order chi connectivity index (χ0) is 12.4. The van der Waals surface area contributed by atoms with E-state index in [2.05, 4.69) is 4.74 Å². The number of esters is 1. The summed E-state index contributed by atoms with van der Waals surface area (Å²) in [6.45, 7) is 0.560. The van der Waals surface area contributed by atoms with Crippen LogP contribution in [0.2, 0.25) is 0 Å². The Kier molecular flexibility index (Phi) is 3.35. The van der Waals surface area contributed by atoms with Crippen LogP contribution < -0.4 is 0 Å². The Morgan fingerprint density at radius 2 is 1.82 bits per heavy atom. The number of halogens is 2. The van der Waals surface area contributed by atoms with E-state index >= 15 is 0 Å². The summed E-state index contributed by atoms with van der Waals surface area (Å²) in [7, 11) is 1.13. The number of hydrogen-bond donors (Lipinski definition) is 0. The van der Waals surface area contributed by atoms with Crippen LogP contribution in [-0.4, -0.2) is 26.3 Å². The van der Waals surface area contributed by atoms with Crippen LogP contribution in [-0.2, 0) is 14.2 Å². The lowest BCUT2D eigenvalue weighted by Gasteiger charge is -2.12. The molecule has 0 unspecified atom stereocenters. The fourth-order valence-electron chi connectivity index (χ4n) is 1.57. The fourth-order valence-corrected chi connectivity index (χ4v) is 1.57. The zero-order valence-corrected chi connectivity index (χ0v) is 9.04. The van der Waals surface area contributed by atoms with Crippen molar-refractivity contribution in [2.75, 3.05) is 20.3 Å². The predicted octanol–water partition coefficient (Wildman–Crippen LogP) is 1.80. The largest absolute Gasteiger partial charge is 0.465 e. The number of methoxy groups -OCH3 is 1. The maximum absolute atomic E-state index is 13.7. The van der Waals surface area contributed by atoms with Gasteiger partial charge in [0, 0.05) is 0 Å². The van der Waals surface area contributed by atoms with Gasteiger partial charge in [-0.2, -0.15) is 0 Å². The first-order chi connectivity index (χ1) is 8.13. The second-order valence-corrected chi connectivity index (χ2v) is 3.42. The lowest BCUT2D eigenvalue weighted by atomic mass is 10.1. The van der Waals surface area contributed by atoms with Gasteiger partial charge in [0.1, 0.15) is 11.6 Å². The molecule has 92 valence electrons. The van der Waals surface area contributed by atoms with Gasteiger partial charge < -0.3 is 14.2 Å². The second-order valence-electron chi connectivity index (χ2n) is 3.42. The van der Waals surface area contributed by atoms with Crippen molar-refractivity contribution in [2.24, 2.45) is 0 Å². The Morgan fingerprint density at radius 3 is 2.29 bits per heavy atom. The van der Waals surface area contributed by atoms with Crippen LogP contribution in [0.1, 0.15) is 22.2 Å². The normalized spacial score (nSPS) is 16.2. The molecule has 2 rings (SSSR count). The third-order valence-corrected chi connectivity index (χ3v) is 2.36. The van der Waals surface area contributed by atoms with Gasteiger partial charge in [0.05, 0.1) is 31.5 Å². The zero-order valence-electron chi connectivity index (χ0n) is 9.04. The molecule has 1 aromatic rings. The maximum atomic E-state index is 13.7. The van der Waals surface area contributed by atoms with E-state index in [0.29, 0.717) is 0 Å². The number of carbonyl (C=O) groups excluding carboxylic acids is 1. The van der Waals surface area contributed by atoms with Gasteiger partial charge in [-0.15, -0.1) is 0 Å². The highest BCUT2D eigenvalue weighted by molar-refractivity contribution is 5.89. The van der Waals surface area contributed by atoms with Gasteiger partial charge in [0.25, 0.3) is 0 Å². The van der Waals surface area contributed by atoms with Crippen molar-refractivity contribution >= 4 is 5.97 Å². The van der Waals surface area contributed by atoms with E-state index in [1.807, 2.05) is 0 Å². The standard InChI is InChI=1S/C11H10F2O4/c1-15-10(14)6-4-7(12)9(8(13)5-6)11-16-2-3-17-11/h4-5,11H,2-3H2,1H3. The lowest BCUT2D eigenvalue weighted by molar-refractivity contribution is -0.0489. The molecule has 1 fully saturated rings. The highest BCUT2D eigenvalue weighted by Crippen LogP contribution is 2.29. The van der Waals surface area contributed by atoms with E-state index in [-0.39, 0.29) is 24.3 Å². The van der Waals surface area contributed by atoms with Gasteiger partial charge in [0.15, 0.2) is 6.29 Å². The first-order valence-electron chi connectivity index (χ1n) is 4.94. The molecule has 0 aliphatic carbocycles. The van der Waals surface area contributed by atoms with Crippen LogP contribution in [0.15, 0.2) is 12.1 Å². The molecule has 6 heteroatoms. The van der Waals surface area contributed by atoms with Gasteiger partial charge in [-0.1, -0.05) is 0 Å². The average molecular weight is 244 g/mol. The summed E-state index contributed by atoms with van der Waals surface area (Å²) in [6, 6.07) is 1.80. The topological polar surface area (TPSA) is 44.8 Å². The molecule has 0 N–H and O–H groups in total. The van der Waals surface area contributed by atoms with Gasteiger partial charge in [-0.05, 0) is 12.1 Å². The van der Waals surface area contributed by atoms with Gasteiger partial charge in [0.2, 0.25) is 0 Å². The molecule has 0 radical (unpaired) electrons. The summed E-state index contributed by atoms with van der Waals surface area (Å²) in [6.07, 6.45) is -1.05. The third kappa shape index (κ3) is 2.27. The molecular formula is C11H10F2O4. The second kappa shape index (κ2) is 4.77. The SMILES string of the molecule is COC(=O)c1cc(F)c(C2OCCO2)c(F)c1. The minimum absolute atomic E-state index is 0.191. The van der Waals surface area contributed by atoms with Crippen molar-refractivity contribution in [1.29, 1.82) is 0 Å². The van der Waals surface area contributed by atoms with Crippen molar-refractivity contribution in [3.8, 4) is 0 Å². The summed E-state index contributed by atoms with van der Waals surface area (Å²) in [5, 5.41) is 0. The van der Waals surface area contributed by atoms with E-state index in [4.69, 9.17) is 9.47 Å². The summed E-state index contributed by atoms with van der Waals surface area (Å²) >= 11 is 0. The lowest BCUT2D eigenvalue weighted by Crippen LogP contribution is -2.09. The van der Waals surface area contributed by atoms with Crippen LogP contribution in [0.25, 0.3) is 0 Å². The van der Waals surface area contributed by atoms with Crippen molar-refractivity contribution in [1.82, 2.24) is 0 Å². The van der Waals surface area contributed by atoms with E-state index in [1.54, 1.807) is 0 Å². The molecular weight excluding hydrogens is 234 g/mol. The van der Waals surface area contributed by atoms with Crippen LogP contribution in [0.5, 0.6) is 0 Å². The first kappa shape index (κ1) is 11.9. The molecule has 1 saturated heterocycles. The maximum Gasteiger partial charge on any atom is 0.338 e. The molecule has 1 aliphatic rings. The number of benzene rings is 1. The number of carbonyl (C=O) groups is 1. The van der Waals surface area contributed by atoms with E-state index in [1.165, 1.54) is 0 Å². The Morgan fingerprint density at radius 1 is 1.29 bits per heavy atom. The van der Waals surface area contributed by atoms with Crippen molar-refractivity contribution < 1.29 is 27.8 Å². The molecule has 0 aromatic heterocycles. The molecule has 0 atom stereocenters. The molecule has 0 saturated carbocycles. The summed E-state index contributed by atoms with van der Waals surface area (Å²) < 4.78 is 41.7. The van der Waals surface area contributed by atoms with Crippen LogP contribution in [0.3, 0.4) is 0 Å². The molecule has 0 bridgehead atoms. The van der Waals surface area contributed by atoms with Gasteiger partial charge in [-0.3, -0.25) is 0 Å². The molecule has 1 aliphatic heterocycles. The minimum atomic E-state index is -1.05. The fraction of sp³-hybridized carbons (Fsp3) is 0.364. The van der Waals surface area contributed by atoms with Gasteiger partial charge >= 0.3 is 5.97 Å². The molecule has 0 amide bonds. The van der Waals surface area contributed by atoms with Crippen molar-refractivity contribution in [3.05, 3.63) is 34.9 Å². The van der Waals surface area contributed by atoms with E-state index < -0.39 is 23.9 Å². The summed E-state index contributed by atoms with van der Waals surface area (Å²) in [5.74, 6) is -2.59. The Labute approximate surface area is 96.1 Å². The molecule has 1 heterocycles. The van der Waals surface area contributed by atoms with Gasteiger partial charge in [-0.25, -0.2) is 13.6 Å². The Bertz CT molecular complexity index is 418. The van der Waals surface area contributed by atoms with E-state index in [0.717, 1.165) is 19.2 Å². The molecule has 4 nitrogen and oxygen atoms in total. The smallest absolute Gasteiger partial charge is 0.338 e. The highest BCUT2D eigenvalue weighted by atomic mass is 19.1. The van der Waals surface area contributed by atoms with Crippen LogP contribution in [0, 0.1) is 11.6 Å². The Hall–Kier alpha value is -1.53.